The molecule has 0 aromatic carbocycles. The molecule has 26 heavy (non-hydrogen) atoms. The quantitative estimate of drug-likeness (QED) is 0.622. The zero-order chi connectivity index (χ0) is 18.2. The van der Waals surface area contributed by atoms with Crippen LogP contribution in [0.2, 0.25) is 0 Å². The molecule has 3 aromatic rings. The predicted octanol–water partition coefficient (Wildman–Crippen LogP) is 3.84. The SMILES string of the molecule is O=C(O)CCCCOc1cc(-c2ccccn2)nc(-c2ccccn2)c1. The van der Waals surface area contributed by atoms with Crippen LogP contribution in [-0.4, -0.2) is 32.6 Å². The first-order chi connectivity index (χ1) is 12.7. The summed E-state index contributed by atoms with van der Waals surface area (Å²) in [6, 6.07) is 15.0. The molecule has 0 spiro atoms. The molecule has 0 bridgehead atoms. The Morgan fingerprint density at radius 1 is 0.885 bits per heavy atom. The normalized spacial score (nSPS) is 10.5. The summed E-state index contributed by atoms with van der Waals surface area (Å²) < 4.78 is 5.82. The van der Waals surface area contributed by atoms with Crippen LogP contribution in [0.4, 0.5) is 0 Å². The molecule has 132 valence electrons. The smallest absolute Gasteiger partial charge is 0.303 e. The van der Waals surface area contributed by atoms with E-state index in [1.807, 2.05) is 48.5 Å². The first-order valence-electron chi connectivity index (χ1n) is 8.42. The lowest BCUT2D eigenvalue weighted by Crippen LogP contribution is -2.01. The van der Waals surface area contributed by atoms with E-state index in [1.165, 1.54) is 0 Å². The summed E-state index contributed by atoms with van der Waals surface area (Å²) in [5.41, 5.74) is 2.91. The van der Waals surface area contributed by atoms with Gasteiger partial charge in [0.05, 0.1) is 29.4 Å². The molecule has 0 aliphatic heterocycles. The fourth-order valence-electron chi connectivity index (χ4n) is 2.45. The van der Waals surface area contributed by atoms with Gasteiger partial charge in [0, 0.05) is 30.9 Å². The second-order valence-corrected chi connectivity index (χ2v) is 5.70. The molecule has 0 aliphatic rings. The van der Waals surface area contributed by atoms with Crippen LogP contribution in [-0.2, 0) is 4.79 Å². The van der Waals surface area contributed by atoms with Gasteiger partial charge in [-0.05, 0) is 37.1 Å². The summed E-state index contributed by atoms with van der Waals surface area (Å²) in [6.45, 7) is 0.445. The molecule has 0 radical (unpaired) electrons. The van der Waals surface area contributed by atoms with Gasteiger partial charge in [0.25, 0.3) is 0 Å². The van der Waals surface area contributed by atoms with Gasteiger partial charge in [-0.3, -0.25) is 14.8 Å². The van der Waals surface area contributed by atoms with Gasteiger partial charge in [0.15, 0.2) is 0 Å². The van der Waals surface area contributed by atoms with Crippen molar-refractivity contribution in [2.45, 2.75) is 19.3 Å². The van der Waals surface area contributed by atoms with Gasteiger partial charge >= 0.3 is 5.97 Å². The largest absolute Gasteiger partial charge is 0.493 e. The van der Waals surface area contributed by atoms with E-state index in [2.05, 4.69) is 15.0 Å². The van der Waals surface area contributed by atoms with Crippen molar-refractivity contribution < 1.29 is 14.6 Å². The highest BCUT2D eigenvalue weighted by Crippen LogP contribution is 2.26. The molecule has 0 amide bonds. The van der Waals surface area contributed by atoms with Crippen molar-refractivity contribution in [1.29, 1.82) is 0 Å². The van der Waals surface area contributed by atoms with Crippen LogP contribution >= 0.6 is 0 Å². The standard InChI is InChI=1S/C20H19N3O3/c24-20(25)9-3-6-12-26-15-13-18(16-7-1-4-10-21-16)23-19(14-15)17-8-2-5-11-22-17/h1-2,4-5,7-8,10-11,13-14H,3,6,9,12H2,(H,24,25). The van der Waals surface area contributed by atoms with E-state index in [0.717, 1.165) is 11.4 Å². The van der Waals surface area contributed by atoms with Gasteiger partial charge in [-0.1, -0.05) is 12.1 Å². The number of aromatic nitrogens is 3. The number of unbranched alkanes of at least 4 members (excludes halogenated alkanes) is 1. The van der Waals surface area contributed by atoms with Crippen LogP contribution < -0.4 is 4.74 Å². The monoisotopic (exact) mass is 349 g/mol. The van der Waals surface area contributed by atoms with Crippen LogP contribution in [0.1, 0.15) is 19.3 Å². The van der Waals surface area contributed by atoms with Crippen molar-refractivity contribution in [3.63, 3.8) is 0 Å². The number of nitrogens with zero attached hydrogens (tertiary/aromatic N) is 3. The number of pyridine rings is 3. The summed E-state index contributed by atoms with van der Waals surface area (Å²) in [5, 5.41) is 8.69. The topological polar surface area (TPSA) is 85.2 Å². The number of carbonyl (C=O) groups is 1. The third-order valence-corrected chi connectivity index (χ3v) is 3.71. The summed E-state index contributed by atoms with van der Waals surface area (Å²) >= 11 is 0. The fraction of sp³-hybridized carbons (Fsp3) is 0.200. The molecule has 0 atom stereocenters. The minimum Gasteiger partial charge on any atom is -0.493 e. The average molecular weight is 349 g/mol. The number of carboxylic acid groups (broad SMARTS) is 1. The number of ether oxygens (including phenoxy) is 1. The molecule has 0 saturated heterocycles. The maximum Gasteiger partial charge on any atom is 0.303 e. The van der Waals surface area contributed by atoms with Crippen molar-refractivity contribution in [2.24, 2.45) is 0 Å². The van der Waals surface area contributed by atoms with Crippen molar-refractivity contribution in [3.05, 3.63) is 60.9 Å². The van der Waals surface area contributed by atoms with E-state index in [4.69, 9.17) is 9.84 Å². The zero-order valence-electron chi connectivity index (χ0n) is 14.2. The number of rotatable bonds is 8. The van der Waals surface area contributed by atoms with E-state index in [9.17, 15) is 4.79 Å². The number of aliphatic carboxylic acids is 1. The average Bonchev–Trinajstić information content (AvgIpc) is 2.68. The lowest BCUT2D eigenvalue weighted by atomic mass is 10.2. The van der Waals surface area contributed by atoms with Gasteiger partial charge in [0.2, 0.25) is 0 Å². The van der Waals surface area contributed by atoms with Crippen LogP contribution in [0, 0.1) is 0 Å². The highest BCUT2D eigenvalue weighted by molar-refractivity contribution is 5.66. The van der Waals surface area contributed by atoms with E-state index >= 15 is 0 Å². The van der Waals surface area contributed by atoms with E-state index in [-0.39, 0.29) is 6.42 Å². The predicted molar refractivity (Wildman–Crippen MR) is 97.7 cm³/mol. The molecule has 0 aliphatic carbocycles. The Hall–Kier alpha value is -3.28. The minimum absolute atomic E-state index is 0.151. The highest BCUT2D eigenvalue weighted by atomic mass is 16.5. The Kier molecular flexibility index (Phi) is 5.88. The van der Waals surface area contributed by atoms with Gasteiger partial charge in [-0.25, -0.2) is 4.98 Å². The van der Waals surface area contributed by atoms with Gasteiger partial charge in [-0.2, -0.15) is 0 Å². The molecule has 3 heterocycles. The van der Waals surface area contributed by atoms with Crippen LogP contribution in [0.25, 0.3) is 22.8 Å². The van der Waals surface area contributed by atoms with Gasteiger partial charge in [-0.15, -0.1) is 0 Å². The van der Waals surface area contributed by atoms with E-state index < -0.39 is 5.97 Å². The number of hydrogen-bond acceptors (Lipinski definition) is 5. The molecular weight excluding hydrogens is 330 g/mol. The summed E-state index contributed by atoms with van der Waals surface area (Å²) in [6.07, 6.45) is 4.85. The molecule has 1 N–H and O–H groups in total. The lowest BCUT2D eigenvalue weighted by molar-refractivity contribution is -0.137. The molecule has 6 nitrogen and oxygen atoms in total. The first-order valence-corrected chi connectivity index (χ1v) is 8.42. The maximum absolute atomic E-state index is 10.6. The molecule has 0 unspecified atom stereocenters. The highest BCUT2D eigenvalue weighted by Gasteiger charge is 2.09. The van der Waals surface area contributed by atoms with Gasteiger partial charge < -0.3 is 9.84 Å². The zero-order valence-corrected chi connectivity index (χ0v) is 14.2. The Labute approximate surface area is 151 Å². The van der Waals surface area contributed by atoms with Crippen molar-refractivity contribution in [2.75, 3.05) is 6.61 Å². The fourth-order valence-corrected chi connectivity index (χ4v) is 2.45. The van der Waals surface area contributed by atoms with Crippen LogP contribution in [0.3, 0.4) is 0 Å². The summed E-state index contributed by atoms with van der Waals surface area (Å²) in [7, 11) is 0. The Morgan fingerprint density at radius 3 is 2.00 bits per heavy atom. The lowest BCUT2D eigenvalue weighted by Gasteiger charge is -2.10. The number of hydrogen-bond donors (Lipinski definition) is 1. The third-order valence-electron chi connectivity index (χ3n) is 3.71. The van der Waals surface area contributed by atoms with Crippen molar-refractivity contribution in [1.82, 2.24) is 15.0 Å². The summed E-state index contributed by atoms with van der Waals surface area (Å²) in [5.74, 6) is -0.125. The molecule has 0 fully saturated rings. The minimum atomic E-state index is -0.788. The second-order valence-electron chi connectivity index (χ2n) is 5.70. The number of carboxylic acids is 1. The molecular formula is C20H19N3O3. The van der Waals surface area contributed by atoms with Crippen molar-refractivity contribution >= 4 is 5.97 Å². The van der Waals surface area contributed by atoms with E-state index in [0.29, 0.717) is 36.6 Å². The molecule has 0 saturated carbocycles. The maximum atomic E-state index is 10.6. The first kappa shape index (κ1) is 17.5. The summed E-state index contributed by atoms with van der Waals surface area (Å²) in [4.78, 5) is 23.9. The third kappa shape index (κ3) is 4.86. The molecule has 3 rings (SSSR count). The van der Waals surface area contributed by atoms with Gasteiger partial charge in [0.1, 0.15) is 5.75 Å². The van der Waals surface area contributed by atoms with Crippen LogP contribution in [0.15, 0.2) is 60.9 Å². The Morgan fingerprint density at radius 2 is 1.50 bits per heavy atom. The molecule has 3 aromatic heterocycles. The van der Waals surface area contributed by atoms with Crippen molar-refractivity contribution in [3.8, 4) is 28.5 Å². The second kappa shape index (κ2) is 8.71. The Balaban J connectivity index is 1.82. The Bertz CT molecular complexity index is 797. The van der Waals surface area contributed by atoms with E-state index in [1.54, 1.807) is 12.4 Å². The molecule has 6 heteroatoms. The van der Waals surface area contributed by atoms with Crippen LogP contribution in [0.5, 0.6) is 5.75 Å².